The first-order chi connectivity index (χ1) is 7.40. The summed E-state index contributed by atoms with van der Waals surface area (Å²) in [7, 11) is 0. The molecule has 3 rings (SSSR count). The molecule has 1 aromatic heterocycles. The lowest BCUT2D eigenvalue weighted by Crippen LogP contribution is -2.14. The van der Waals surface area contributed by atoms with Crippen molar-refractivity contribution in [2.24, 2.45) is 5.73 Å². The molecule has 1 unspecified atom stereocenters. The van der Waals surface area contributed by atoms with Gasteiger partial charge in [0.15, 0.2) is 0 Å². The summed E-state index contributed by atoms with van der Waals surface area (Å²) in [6, 6.07) is 0. The molecule has 0 aliphatic heterocycles. The van der Waals surface area contributed by atoms with Crippen LogP contribution in [-0.4, -0.2) is 16.7 Å². The van der Waals surface area contributed by atoms with Crippen molar-refractivity contribution < 1.29 is 0 Å². The largest absolute Gasteiger partial charge is 0.330 e. The van der Waals surface area contributed by atoms with Crippen LogP contribution in [0.25, 0.3) is 0 Å². The number of hydrogen-bond acceptors (Lipinski definition) is 2. The average Bonchev–Trinajstić information content (AvgIpc) is 3.00. The summed E-state index contributed by atoms with van der Waals surface area (Å²) < 4.78 is 0. The van der Waals surface area contributed by atoms with Gasteiger partial charge in [-0.25, -0.2) is 0 Å². The summed E-state index contributed by atoms with van der Waals surface area (Å²) in [6.07, 6.45) is 7.61. The molecule has 15 heavy (non-hydrogen) atoms. The number of aromatic nitrogens is 2. The van der Waals surface area contributed by atoms with Gasteiger partial charge in [0, 0.05) is 11.6 Å². The lowest BCUT2D eigenvalue weighted by atomic mass is 9.82. The second-order valence-corrected chi connectivity index (χ2v) is 4.94. The molecule has 2 aliphatic carbocycles. The maximum atomic E-state index is 5.70. The number of aromatic amines is 1. The van der Waals surface area contributed by atoms with E-state index in [-0.39, 0.29) is 0 Å². The topological polar surface area (TPSA) is 54.7 Å². The van der Waals surface area contributed by atoms with Gasteiger partial charge >= 0.3 is 0 Å². The molecule has 0 aromatic carbocycles. The fourth-order valence-electron chi connectivity index (χ4n) is 2.88. The van der Waals surface area contributed by atoms with Crippen molar-refractivity contribution in [1.82, 2.24) is 10.2 Å². The van der Waals surface area contributed by atoms with Gasteiger partial charge in [-0.15, -0.1) is 0 Å². The Labute approximate surface area is 90.4 Å². The standard InChI is InChI=1S/C12H19N3/c13-7-6-8-2-1-3-10-11(8)12(15-14-10)9-4-5-9/h8-9H,1-7,13H2,(H,14,15). The van der Waals surface area contributed by atoms with Crippen molar-refractivity contribution in [1.29, 1.82) is 0 Å². The molecule has 0 saturated heterocycles. The molecule has 0 radical (unpaired) electrons. The van der Waals surface area contributed by atoms with E-state index < -0.39 is 0 Å². The number of aryl methyl sites for hydroxylation is 1. The Bertz CT molecular complexity index is 352. The van der Waals surface area contributed by atoms with Crippen LogP contribution >= 0.6 is 0 Å². The Hall–Kier alpha value is -0.830. The highest BCUT2D eigenvalue weighted by Crippen LogP contribution is 2.45. The predicted octanol–water partition coefficient (Wildman–Crippen LogP) is 2.06. The number of rotatable bonds is 3. The highest BCUT2D eigenvalue weighted by Gasteiger charge is 2.34. The smallest absolute Gasteiger partial charge is 0.0690 e. The third kappa shape index (κ3) is 1.59. The van der Waals surface area contributed by atoms with Gasteiger partial charge in [-0.05, 0) is 56.6 Å². The van der Waals surface area contributed by atoms with Crippen LogP contribution in [0.3, 0.4) is 0 Å². The van der Waals surface area contributed by atoms with Crippen LogP contribution in [0.1, 0.15) is 60.9 Å². The summed E-state index contributed by atoms with van der Waals surface area (Å²) >= 11 is 0. The Morgan fingerprint density at radius 1 is 1.33 bits per heavy atom. The molecule has 1 saturated carbocycles. The van der Waals surface area contributed by atoms with Crippen LogP contribution in [-0.2, 0) is 6.42 Å². The average molecular weight is 205 g/mol. The molecule has 82 valence electrons. The molecule has 1 atom stereocenters. The predicted molar refractivity (Wildman–Crippen MR) is 59.9 cm³/mol. The maximum Gasteiger partial charge on any atom is 0.0690 e. The Kier molecular flexibility index (Phi) is 2.28. The van der Waals surface area contributed by atoms with E-state index in [0.29, 0.717) is 5.92 Å². The summed E-state index contributed by atoms with van der Waals surface area (Å²) in [5, 5.41) is 7.77. The molecule has 2 aliphatic rings. The fraction of sp³-hybridized carbons (Fsp3) is 0.750. The van der Waals surface area contributed by atoms with E-state index in [1.54, 1.807) is 5.56 Å². The number of nitrogens with one attached hydrogen (secondary N) is 1. The zero-order valence-corrected chi connectivity index (χ0v) is 9.13. The number of nitrogens with two attached hydrogens (primary N) is 1. The van der Waals surface area contributed by atoms with Crippen molar-refractivity contribution in [2.75, 3.05) is 6.54 Å². The minimum Gasteiger partial charge on any atom is -0.330 e. The Morgan fingerprint density at radius 2 is 2.20 bits per heavy atom. The third-order valence-electron chi connectivity index (χ3n) is 3.78. The van der Waals surface area contributed by atoms with E-state index in [1.165, 1.54) is 43.5 Å². The van der Waals surface area contributed by atoms with Crippen molar-refractivity contribution in [3.8, 4) is 0 Å². The van der Waals surface area contributed by atoms with Crippen LogP contribution in [0.5, 0.6) is 0 Å². The highest BCUT2D eigenvalue weighted by molar-refractivity contribution is 5.35. The lowest BCUT2D eigenvalue weighted by molar-refractivity contribution is 0.520. The van der Waals surface area contributed by atoms with Gasteiger partial charge in [0.25, 0.3) is 0 Å². The molecular weight excluding hydrogens is 186 g/mol. The van der Waals surface area contributed by atoms with E-state index in [2.05, 4.69) is 10.2 Å². The summed E-state index contributed by atoms with van der Waals surface area (Å²) in [5.41, 5.74) is 10.0. The second-order valence-electron chi connectivity index (χ2n) is 4.94. The molecule has 1 aromatic rings. The molecule has 0 bridgehead atoms. The van der Waals surface area contributed by atoms with Crippen LogP contribution in [0.2, 0.25) is 0 Å². The SMILES string of the molecule is NCCC1CCCc2[nH]nc(C3CC3)c21. The van der Waals surface area contributed by atoms with Crippen LogP contribution in [0, 0.1) is 0 Å². The Morgan fingerprint density at radius 3 is 2.93 bits per heavy atom. The van der Waals surface area contributed by atoms with Crippen molar-refractivity contribution in [3.05, 3.63) is 17.0 Å². The van der Waals surface area contributed by atoms with Gasteiger partial charge in [-0.1, -0.05) is 0 Å². The van der Waals surface area contributed by atoms with Gasteiger partial charge in [0.05, 0.1) is 5.69 Å². The number of nitrogens with zero attached hydrogens (tertiary/aromatic N) is 1. The van der Waals surface area contributed by atoms with Gasteiger partial charge in [-0.3, -0.25) is 5.10 Å². The number of hydrogen-bond donors (Lipinski definition) is 2. The zero-order chi connectivity index (χ0) is 10.3. The third-order valence-corrected chi connectivity index (χ3v) is 3.78. The molecule has 0 amide bonds. The molecule has 0 spiro atoms. The first-order valence-electron chi connectivity index (χ1n) is 6.17. The highest BCUT2D eigenvalue weighted by atomic mass is 15.1. The van der Waals surface area contributed by atoms with Crippen molar-refractivity contribution in [3.63, 3.8) is 0 Å². The lowest BCUT2D eigenvalue weighted by Gasteiger charge is -2.22. The maximum absolute atomic E-state index is 5.70. The van der Waals surface area contributed by atoms with Crippen LogP contribution in [0.15, 0.2) is 0 Å². The van der Waals surface area contributed by atoms with E-state index in [0.717, 1.165) is 18.9 Å². The van der Waals surface area contributed by atoms with Crippen molar-refractivity contribution in [2.45, 2.75) is 50.4 Å². The first-order valence-corrected chi connectivity index (χ1v) is 6.17. The first kappa shape index (κ1) is 9.40. The molecule has 1 heterocycles. The summed E-state index contributed by atoms with van der Waals surface area (Å²) in [4.78, 5) is 0. The quantitative estimate of drug-likeness (QED) is 0.793. The number of fused-ring (bicyclic) bond motifs is 1. The van der Waals surface area contributed by atoms with Crippen LogP contribution in [0.4, 0.5) is 0 Å². The monoisotopic (exact) mass is 205 g/mol. The number of H-pyrrole nitrogens is 1. The summed E-state index contributed by atoms with van der Waals surface area (Å²) in [6.45, 7) is 0.805. The molecule has 3 N–H and O–H groups in total. The van der Waals surface area contributed by atoms with E-state index in [4.69, 9.17) is 5.73 Å². The molecule has 3 heteroatoms. The minimum absolute atomic E-state index is 0.688. The van der Waals surface area contributed by atoms with Gasteiger partial charge in [0.2, 0.25) is 0 Å². The van der Waals surface area contributed by atoms with Gasteiger partial charge < -0.3 is 5.73 Å². The van der Waals surface area contributed by atoms with E-state index in [9.17, 15) is 0 Å². The fourth-order valence-corrected chi connectivity index (χ4v) is 2.88. The molecular formula is C12H19N3. The van der Waals surface area contributed by atoms with Crippen molar-refractivity contribution >= 4 is 0 Å². The summed E-state index contributed by atoms with van der Waals surface area (Å²) in [5.74, 6) is 1.46. The van der Waals surface area contributed by atoms with E-state index in [1.807, 2.05) is 0 Å². The zero-order valence-electron chi connectivity index (χ0n) is 9.13. The Balaban J connectivity index is 1.95. The van der Waals surface area contributed by atoms with Gasteiger partial charge in [0.1, 0.15) is 0 Å². The van der Waals surface area contributed by atoms with Gasteiger partial charge in [-0.2, -0.15) is 5.10 Å². The molecule has 3 nitrogen and oxygen atoms in total. The second kappa shape index (κ2) is 3.63. The normalized spacial score (nSPS) is 25.3. The minimum atomic E-state index is 0.688. The molecule has 1 fully saturated rings. The van der Waals surface area contributed by atoms with Crippen LogP contribution < -0.4 is 5.73 Å². The van der Waals surface area contributed by atoms with E-state index >= 15 is 0 Å².